The highest BCUT2D eigenvalue weighted by Crippen LogP contribution is 2.31. The van der Waals surface area contributed by atoms with Crippen molar-refractivity contribution in [1.82, 2.24) is 10.3 Å². The molecule has 1 aliphatic heterocycles. The largest absolute Gasteiger partial charge is 0.480 e. The summed E-state index contributed by atoms with van der Waals surface area (Å²) in [6, 6.07) is 11.3. The maximum absolute atomic E-state index is 12.1. The Balaban J connectivity index is 1.44. The van der Waals surface area contributed by atoms with Crippen LogP contribution in [0.2, 0.25) is 5.02 Å². The lowest BCUT2D eigenvalue weighted by Crippen LogP contribution is -2.38. The van der Waals surface area contributed by atoms with Crippen molar-refractivity contribution < 1.29 is 9.53 Å². The number of pyridine rings is 1. The second-order valence-electron chi connectivity index (χ2n) is 5.28. The molecule has 0 aliphatic carbocycles. The van der Waals surface area contributed by atoms with Gasteiger partial charge in [0.2, 0.25) is 0 Å². The number of aromatic nitrogens is 1. The van der Waals surface area contributed by atoms with Gasteiger partial charge in [-0.1, -0.05) is 17.7 Å². The molecule has 0 fully saturated rings. The minimum atomic E-state index is -0.455. The first-order chi connectivity index (χ1) is 10.7. The number of ether oxygens (including phenoxy) is 1. The van der Waals surface area contributed by atoms with Crippen molar-refractivity contribution in [3.05, 3.63) is 58.9 Å². The number of hydrogen-bond acceptors (Lipinski definition) is 3. The SMILES string of the molecule is O=C(NCCCc1ccccn1)C1Cc2cc(Cl)ccc2O1. The molecule has 22 heavy (non-hydrogen) atoms. The quantitative estimate of drug-likeness (QED) is 0.863. The smallest absolute Gasteiger partial charge is 0.261 e. The summed E-state index contributed by atoms with van der Waals surface area (Å²) in [6.45, 7) is 0.617. The molecule has 0 saturated heterocycles. The van der Waals surface area contributed by atoms with Gasteiger partial charge >= 0.3 is 0 Å². The van der Waals surface area contributed by atoms with Crippen molar-refractivity contribution in [2.24, 2.45) is 0 Å². The fourth-order valence-electron chi connectivity index (χ4n) is 2.50. The van der Waals surface area contributed by atoms with Crippen LogP contribution in [0, 0.1) is 0 Å². The number of carbonyl (C=O) groups excluding carboxylic acids is 1. The van der Waals surface area contributed by atoms with E-state index in [-0.39, 0.29) is 5.91 Å². The molecule has 4 nitrogen and oxygen atoms in total. The summed E-state index contributed by atoms with van der Waals surface area (Å²) in [5, 5.41) is 3.59. The molecule has 2 heterocycles. The van der Waals surface area contributed by atoms with Gasteiger partial charge in [0.05, 0.1) is 0 Å². The van der Waals surface area contributed by atoms with E-state index in [0.29, 0.717) is 18.0 Å². The predicted octanol–water partition coefficient (Wildman–Crippen LogP) is 2.79. The van der Waals surface area contributed by atoms with Crippen LogP contribution in [0.1, 0.15) is 17.7 Å². The molecule has 1 amide bonds. The van der Waals surface area contributed by atoms with Crippen LogP contribution in [0.25, 0.3) is 0 Å². The van der Waals surface area contributed by atoms with Gasteiger partial charge in [0.1, 0.15) is 5.75 Å². The molecule has 3 rings (SSSR count). The van der Waals surface area contributed by atoms with Crippen LogP contribution in [-0.2, 0) is 17.6 Å². The predicted molar refractivity (Wildman–Crippen MR) is 85.1 cm³/mol. The Morgan fingerprint density at radius 2 is 2.27 bits per heavy atom. The van der Waals surface area contributed by atoms with Gasteiger partial charge in [-0.2, -0.15) is 0 Å². The van der Waals surface area contributed by atoms with Crippen LogP contribution in [0.4, 0.5) is 0 Å². The minimum Gasteiger partial charge on any atom is -0.480 e. The normalized spacial score (nSPS) is 16.0. The first-order valence-corrected chi connectivity index (χ1v) is 7.73. The van der Waals surface area contributed by atoms with Gasteiger partial charge in [-0.25, -0.2) is 0 Å². The number of amides is 1. The van der Waals surface area contributed by atoms with Crippen LogP contribution in [0.3, 0.4) is 0 Å². The zero-order chi connectivity index (χ0) is 15.4. The van der Waals surface area contributed by atoms with Crippen molar-refractivity contribution in [3.63, 3.8) is 0 Å². The first-order valence-electron chi connectivity index (χ1n) is 7.35. The summed E-state index contributed by atoms with van der Waals surface area (Å²) in [5.74, 6) is 0.673. The van der Waals surface area contributed by atoms with E-state index in [1.54, 1.807) is 12.3 Å². The Labute approximate surface area is 134 Å². The molecule has 1 atom stereocenters. The molecule has 5 heteroatoms. The number of hydrogen-bond donors (Lipinski definition) is 1. The monoisotopic (exact) mass is 316 g/mol. The Bertz CT molecular complexity index is 661. The highest BCUT2D eigenvalue weighted by Gasteiger charge is 2.28. The van der Waals surface area contributed by atoms with Crippen LogP contribution in [0.5, 0.6) is 5.75 Å². The molecule has 0 saturated carbocycles. The van der Waals surface area contributed by atoms with Crippen molar-refractivity contribution >= 4 is 17.5 Å². The third-order valence-electron chi connectivity index (χ3n) is 3.62. The fraction of sp³-hybridized carbons (Fsp3) is 0.294. The Hall–Kier alpha value is -2.07. The van der Waals surface area contributed by atoms with E-state index in [1.165, 1.54) is 0 Å². The highest BCUT2D eigenvalue weighted by atomic mass is 35.5. The van der Waals surface area contributed by atoms with Gasteiger partial charge in [-0.05, 0) is 48.7 Å². The van der Waals surface area contributed by atoms with E-state index >= 15 is 0 Å². The summed E-state index contributed by atoms with van der Waals surface area (Å²) in [6.07, 6.45) is 3.60. The van der Waals surface area contributed by atoms with E-state index in [2.05, 4.69) is 10.3 Å². The number of fused-ring (bicyclic) bond motifs is 1. The Kier molecular flexibility index (Phi) is 4.59. The van der Waals surface area contributed by atoms with Crippen LogP contribution in [0.15, 0.2) is 42.6 Å². The molecule has 2 aromatic rings. The van der Waals surface area contributed by atoms with Gasteiger partial charge in [0.15, 0.2) is 6.10 Å². The number of benzene rings is 1. The number of halogens is 1. The van der Waals surface area contributed by atoms with Crippen LogP contribution < -0.4 is 10.1 Å². The summed E-state index contributed by atoms with van der Waals surface area (Å²) in [7, 11) is 0. The first kappa shape index (κ1) is 14.9. The summed E-state index contributed by atoms with van der Waals surface area (Å²) < 4.78 is 5.66. The number of aryl methyl sites for hydroxylation is 1. The van der Waals surface area contributed by atoms with Crippen molar-refractivity contribution in [2.45, 2.75) is 25.4 Å². The third-order valence-corrected chi connectivity index (χ3v) is 3.86. The molecular weight excluding hydrogens is 300 g/mol. The summed E-state index contributed by atoms with van der Waals surface area (Å²) >= 11 is 5.95. The minimum absolute atomic E-state index is 0.0756. The lowest BCUT2D eigenvalue weighted by Gasteiger charge is -2.11. The second kappa shape index (κ2) is 6.79. The van der Waals surface area contributed by atoms with E-state index in [0.717, 1.165) is 29.8 Å². The standard InChI is InChI=1S/C17H17ClN2O2/c18-13-6-7-15-12(10-13)11-16(22-15)17(21)20-9-3-5-14-4-1-2-8-19-14/h1-2,4,6-8,10,16H,3,5,9,11H2,(H,20,21). The van der Waals surface area contributed by atoms with Crippen molar-refractivity contribution in [2.75, 3.05) is 6.54 Å². The van der Waals surface area contributed by atoms with Crippen molar-refractivity contribution in [3.8, 4) is 5.75 Å². The Morgan fingerprint density at radius 1 is 1.36 bits per heavy atom. The van der Waals surface area contributed by atoms with Gasteiger partial charge < -0.3 is 10.1 Å². The molecule has 1 aromatic carbocycles. The lowest BCUT2D eigenvalue weighted by atomic mass is 10.1. The average Bonchev–Trinajstić information content (AvgIpc) is 2.95. The number of rotatable bonds is 5. The molecule has 1 N–H and O–H groups in total. The summed E-state index contributed by atoms with van der Waals surface area (Å²) in [4.78, 5) is 16.4. The lowest BCUT2D eigenvalue weighted by molar-refractivity contribution is -0.127. The zero-order valence-corrected chi connectivity index (χ0v) is 12.8. The molecule has 1 aliphatic rings. The average molecular weight is 317 g/mol. The molecular formula is C17H17ClN2O2. The molecule has 1 aromatic heterocycles. The number of carbonyl (C=O) groups is 1. The van der Waals surface area contributed by atoms with Crippen LogP contribution >= 0.6 is 11.6 Å². The highest BCUT2D eigenvalue weighted by molar-refractivity contribution is 6.30. The zero-order valence-electron chi connectivity index (χ0n) is 12.1. The topological polar surface area (TPSA) is 51.2 Å². The van der Waals surface area contributed by atoms with E-state index < -0.39 is 6.10 Å². The Morgan fingerprint density at radius 3 is 3.09 bits per heavy atom. The molecule has 0 radical (unpaired) electrons. The summed E-state index contributed by atoms with van der Waals surface area (Å²) in [5.41, 5.74) is 2.03. The molecule has 0 bridgehead atoms. The molecule has 114 valence electrons. The van der Waals surface area contributed by atoms with Gasteiger partial charge in [-0.3, -0.25) is 9.78 Å². The van der Waals surface area contributed by atoms with E-state index in [4.69, 9.17) is 16.3 Å². The number of nitrogens with zero attached hydrogens (tertiary/aromatic N) is 1. The van der Waals surface area contributed by atoms with E-state index in [9.17, 15) is 4.79 Å². The molecule has 1 unspecified atom stereocenters. The van der Waals surface area contributed by atoms with Crippen LogP contribution in [-0.4, -0.2) is 23.5 Å². The maximum atomic E-state index is 12.1. The third kappa shape index (κ3) is 3.57. The van der Waals surface area contributed by atoms with E-state index in [1.807, 2.05) is 30.3 Å². The molecule has 0 spiro atoms. The van der Waals surface area contributed by atoms with Crippen molar-refractivity contribution in [1.29, 1.82) is 0 Å². The van der Waals surface area contributed by atoms with Gasteiger partial charge in [0.25, 0.3) is 5.91 Å². The maximum Gasteiger partial charge on any atom is 0.261 e. The number of nitrogens with one attached hydrogen (secondary N) is 1. The second-order valence-corrected chi connectivity index (χ2v) is 5.71. The van der Waals surface area contributed by atoms with Gasteiger partial charge in [0, 0.05) is 29.9 Å². The fourth-order valence-corrected chi connectivity index (χ4v) is 2.70. The van der Waals surface area contributed by atoms with Gasteiger partial charge in [-0.15, -0.1) is 0 Å².